The van der Waals surface area contributed by atoms with Crippen LogP contribution in [0.25, 0.3) is 10.9 Å². The molecule has 4 rings (SSSR count). The van der Waals surface area contributed by atoms with Crippen LogP contribution in [0.4, 0.5) is 0 Å². The van der Waals surface area contributed by atoms with E-state index >= 15 is 0 Å². The number of nitrogens with zero attached hydrogens (tertiary/aromatic N) is 2. The third kappa shape index (κ3) is 4.30. The minimum atomic E-state index is -0.611. The second-order valence-electron chi connectivity index (χ2n) is 6.43. The summed E-state index contributed by atoms with van der Waals surface area (Å²) in [5.74, 6) is 0.588. The highest BCUT2D eigenvalue weighted by molar-refractivity contribution is 6.35. The summed E-state index contributed by atoms with van der Waals surface area (Å²) in [5, 5.41) is 5.51. The summed E-state index contributed by atoms with van der Waals surface area (Å²) < 4.78 is 6.58. The molecule has 6 nitrogen and oxygen atoms in total. The van der Waals surface area contributed by atoms with Gasteiger partial charge in [0.2, 0.25) is 0 Å². The molecule has 30 heavy (non-hydrogen) atoms. The summed E-state index contributed by atoms with van der Waals surface area (Å²) in [6, 6.07) is 19.1. The van der Waals surface area contributed by atoms with Gasteiger partial charge in [-0.2, -0.15) is 5.10 Å². The molecule has 0 aliphatic rings. The summed E-state index contributed by atoms with van der Waals surface area (Å²) in [4.78, 5) is 27.4. The number of benzene rings is 3. The predicted molar refractivity (Wildman–Crippen MR) is 119 cm³/mol. The van der Waals surface area contributed by atoms with Crippen LogP contribution in [0.2, 0.25) is 10.0 Å². The number of H-pyrrole nitrogens is 1. The van der Waals surface area contributed by atoms with E-state index in [9.17, 15) is 9.59 Å². The normalized spacial score (nSPS) is 11.3. The maximum absolute atomic E-state index is 12.5. The van der Waals surface area contributed by atoms with Crippen molar-refractivity contribution in [1.82, 2.24) is 9.66 Å². The van der Waals surface area contributed by atoms with E-state index in [-0.39, 0.29) is 6.61 Å². The van der Waals surface area contributed by atoms with Crippen LogP contribution in [-0.2, 0) is 6.61 Å². The molecule has 0 fully saturated rings. The fourth-order valence-electron chi connectivity index (χ4n) is 2.87. The molecule has 0 atom stereocenters. The van der Waals surface area contributed by atoms with Gasteiger partial charge in [0.25, 0.3) is 5.56 Å². The SMILES string of the molecule is O=c1[nH]c2ccccc2c(=O)n1N=Cc1cccc(OCc2ccc(Cl)cc2Cl)c1. The second kappa shape index (κ2) is 8.57. The van der Waals surface area contributed by atoms with Crippen LogP contribution in [0, 0.1) is 0 Å². The molecular weight excluding hydrogens is 425 g/mol. The summed E-state index contributed by atoms with van der Waals surface area (Å²) in [6.07, 6.45) is 1.42. The van der Waals surface area contributed by atoms with E-state index in [1.165, 1.54) is 6.21 Å². The number of fused-ring (bicyclic) bond motifs is 1. The zero-order valence-corrected chi connectivity index (χ0v) is 17.0. The lowest BCUT2D eigenvalue weighted by molar-refractivity contribution is 0.306. The Hall–Kier alpha value is -3.35. The quantitative estimate of drug-likeness (QED) is 0.466. The number of aromatic amines is 1. The van der Waals surface area contributed by atoms with E-state index in [4.69, 9.17) is 27.9 Å². The van der Waals surface area contributed by atoms with Crippen LogP contribution in [-0.4, -0.2) is 15.9 Å². The molecule has 4 aromatic rings. The van der Waals surface area contributed by atoms with Gasteiger partial charge < -0.3 is 9.72 Å². The number of aromatic nitrogens is 2. The summed E-state index contributed by atoms with van der Waals surface area (Å²) in [7, 11) is 0. The van der Waals surface area contributed by atoms with Gasteiger partial charge in [0, 0.05) is 15.6 Å². The summed E-state index contributed by atoms with van der Waals surface area (Å²) in [5.41, 5.74) is 0.828. The molecule has 8 heteroatoms. The van der Waals surface area contributed by atoms with Crippen LogP contribution >= 0.6 is 23.2 Å². The first kappa shape index (κ1) is 19.9. The molecule has 0 saturated heterocycles. The highest BCUT2D eigenvalue weighted by Gasteiger charge is 2.06. The molecule has 150 valence electrons. The Morgan fingerprint density at radius 2 is 1.83 bits per heavy atom. The molecule has 0 radical (unpaired) electrons. The molecule has 0 spiro atoms. The van der Waals surface area contributed by atoms with Crippen LogP contribution in [0.15, 0.2) is 81.4 Å². The number of halogens is 2. The summed E-state index contributed by atoms with van der Waals surface area (Å²) in [6.45, 7) is 0.264. The van der Waals surface area contributed by atoms with E-state index in [2.05, 4.69) is 10.1 Å². The van der Waals surface area contributed by atoms with Gasteiger partial charge in [-0.25, -0.2) is 4.79 Å². The van der Waals surface area contributed by atoms with Gasteiger partial charge >= 0.3 is 5.69 Å². The molecule has 0 aliphatic carbocycles. The van der Waals surface area contributed by atoms with Crippen molar-refractivity contribution in [3.05, 3.63) is 109 Å². The van der Waals surface area contributed by atoms with E-state index in [1.807, 2.05) is 0 Å². The van der Waals surface area contributed by atoms with Gasteiger partial charge in [0.05, 0.1) is 17.1 Å². The Labute approximate surface area is 181 Å². The van der Waals surface area contributed by atoms with Gasteiger partial charge in [0.15, 0.2) is 0 Å². The van der Waals surface area contributed by atoms with Gasteiger partial charge in [0.1, 0.15) is 12.4 Å². The standard InChI is InChI=1S/C22H15Cl2N3O3/c23-16-9-8-15(19(24)11-16)13-30-17-5-3-4-14(10-17)12-25-27-21(28)18-6-1-2-7-20(18)26-22(27)29/h1-12H,13H2,(H,26,29). The predicted octanol–water partition coefficient (Wildman–Crippen LogP) is 4.46. The molecule has 0 unspecified atom stereocenters. The molecule has 0 saturated carbocycles. The topological polar surface area (TPSA) is 76.5 Å². The summed E-state index contributed by atoms with van der Waals surface area (Å²) >= 11 is 12.1. The maximum atomic E-state index is 12.5. The van der Waals surface area contributed by atoms with E-state index in [0.717, 1.165) is 10.2 Å². The molecule has 0 aliphatic heterocycles. The van der Waals surface area contributed by atoms with Gasteiger partial charge in [-0.05, 0) is 42.0 Å². The molecule has 1 aromatic heterocycles. The largest absolute Gasteiger partial charge is 0.489 e. The van der Waals surface area contributed by atoms with Crippen LogP contribution in [0.5, 0.6) is 5.75 Å². The average molecular weight is 440 g/mol. The lowest BCUT2D eigenvalue weighted by Crippen LogP contribution is -2.32. The first-order valence-electron chi connectivity index (χ1n) is 8.96. The number of ether oxygens (including phenoxy) is 1. The van der Waals surface area contributed by atoms with Gasteiger partial charge in [-0.1, -0.05) is 53.5 Å². The highest BCUT2D eigenvalue weighted by atomic mass is 35.5. The lowest BCUT2D eigenvalue weighted by Gasteiger charge is -2.08. The number of hydrogen-bond acceptors (Lipinski definition) is 4. The fourth-order valence-corrected chi connectivity index (χ4v) is 3.33. The molecule has 0 amide bonds. The van der Waals surface area contributed by atoms with Crippen molar-refractivity contribution in [2.45, 2.75) is 6.61 Å². The van der Waals surface area contributed by atoms with Crippen molar-refractivity contribution in [2.24, 2.45) is 5.10 Å². The third-order valence-corrected chi connectivity index (χ3v) is 4.96. The zero-order chi connectivity index (χ0) is 21.1. The Balaban J connectivity index is 1.56. The van der Waals surface area contributed by atoms with Crippen molar-refractivity contribution in [3.8, 4) is 5.75 Å². The average Bonchev–Trinajstić information content (AvgIpc) is 2.73. The smallest absolute Gasteiger partial charge is 0.349 e. The molecule has 3 aromatic carbocycles. The van der Waals surface area contributed by atoms with Gasteiger partial charge in [-0.15, -0.1) is 4.68 Å². The van der Waals surface area contributed by atoms with Crippen molar-refractivity contribution < 1.29 is 4.74 Å². The maximum Gasteiger partial charge on any atom is 0.349 e. The van der Waals surface area contributed by atoms with Crippen LogP contribution in [0.3, 0.4) is 0 Å². The first-order valence-corrected chi connectivity index (χ1v) is 9.72. The fraction of sp³-hybridized carbons (Fsp3) is 0.0455. The Bertz CT molecular complexity index is 1380. The second-order valence-corrected chi connectivity index (χ2v) is 7.28. The molecule has 0 bridgehead atoms. The Morgan fingerprint density at radius 1 is 1.00 bits per heavy atom. The van der Waals surface area contributed by atoms with E-state index in [0.29, 0.717) is 32.3 Å². The van der Waals surface area contributed by atoms with Crippen molar-refractivity contribution in [1.29, 1.82) is 0 Å². The molecule has 1 N–H and O–H groups in total. The van der Waals surface area contributed by atoms with E-state index < -0.39 is 11.2 Å². The van der Waals surface area contributed by atoms with Crippen molar-refractivity contribution >= 4 is 40.3 Å². The Kier molecular flexibility index (Phi) is 5.70. The van der Waals surface area contributed by atoms with Crippen molar-refractivity contribution in [3.63, 3.8) is 0 Å². The van der Waals surface area contributed by atoms with Gasteiger partial charge in [-0.3, -0.25) is 4.79 Å². The first-order chi connectivity index (χ1) is 14.5. The zero-order valence-electron chi connectivity index (χ0n) is 15.5. The number of nitrogens with one attached hydrogen (secondary N) is 1. The minimum absolute atomic E-state index is 0.264. The molecular formula is C22H15Cl2N3O3. The van der Waals surface area contributed by atoms with E-state index in [1.54, 1.807) is 66.7 Å². The Morgan fingerprint density at radius 3 is 2.67 bits per heavy atom. The number of para-hydroxylation sites is 1. The number of hydrogen-bond donors (Lipinski definition) is 1. The highest BCUT2D eigenvalue weighted by Crippen LogP contribution is 2.23. The monoisotopic (exact) mass is 439 g/mol. The third-order valence-electron chi connectivity index (χ3n) is 4.37. The van der Waals surface area contributed by atoms with Crippen LogP contribution in [0.1, 0.15) is 11.1 Å². The lowest BCUT2D eigenvalue weighted by atomic mass is 10.2. The number of rotatable bonds is 5. The van der Waals surface area contributed by atoms with Crippen LogP contribution < -0.4 is 16.0 Å². The minimum Gasteiger partial charge on any atom is -0.489 e. The van der Waals surface area contributed by atoms with Crippen molar-refractivity contribution in [2.75, 3.05) is 0 Å². The molecule has 1 heterocycles.